The van der Waals surface area contributed by atoms with E-state index in [1.54, 1.807) is 0 Å². The van der Waals surface area contributed by atoms with E-state index in [1.807, 2.05) is 0 Å². The van der Waals surface area contributed by atoms with Gasteiger partial charge in [0, 0.05) is 0 Å². The first-order valence-electron chi connectivity index (χ1n) is 1.90. The molecule has 2 N–H and O–H groups in total. The summed E-state index contributed by atoms with van der Waals surface area (Å²) < 4.78 is 56.3. The van der Waals surface area contributed by atoms with E-state index in [4.69, 9.17) is 31.5 Å². The molecule has 0 aromatic heterocycles. The SMILES string of the molecule is ClCCl.[O]=[Cr](=[O])([OH])[O][Cr](=[O])(=[O])[OH]. The molecule has 7 nitrogen and oxygen atoms in total. The Morgan fingerprint density at radius 1 is 1.00 bits per heavy atom. The zero-order valence-corrected chi connectivity index (χ0v) is 9.28. The molecule has 0 unspecified atom stereocenters. The molecule has 0 atom stereocenters. The van der Waals surface area contributed by atoms with E-state index >= 15 is 0 Å². The Balaban J connectivity index is 0. The average molecular weight is 303 g/mol. The Kier molecular flexibility index (Phi) is 7.88. The van der Waals surface area contributed by atoms with Gasteiger partial charge in [-0.15, -0.1) is 23.2 Å². The van der Waals surface area contributed by atoms with E-state index < -0.39 is 27.2 Å². The van der Waals surface area contributed by atoms with Gasteiger partial charge in [0.25, 0.3) is 0 Å². The van der Waals surface area contributed by atoms with Crippen molar-refractivity contribution in [2.24, 2.45) is 0 Å². The summed E-state index contributed by atoms with van der Waals surface area (Å²) in [7, 11) is 0. The third-order valence-corrected chi connectivity index (χ3v) is 2.92. The van der Waals surface area contributed by atoms with E-state index in [-0.39, 0.29) is 5.34 Å². The van der Waals surface area contributed by atoms with Crippen LogP contribution in [-0.2, 0) is 45.3 Å². The first-order chi connectivity index (χ1) is 5.12. The van der Waals surface area contributed by atoms with Gasteiger partial charge in [0.15, 0.2) is 0 Å². The van der Waals surface area contributed by atoms with Crippen molar-refractivity contribution in [1.82, 2.24) is 0 Å². The van der Waals surface area contributed by atoms with Gasteiger partial charge in [0.1, 0.15) is 0 Å². The molecule has 0 aliphatic heterocycles. The molecule has 0 aromatic carbocycles. The molecule has 0 spiro atoms. The van der Waals surface area contributed by atoms with Crippen LogP contribution in [0.15, 0.2) is 0 Å². The number of hydrogen-bond donors (Lipinski definition) is 2. The fourth-order valence-electron chi connectivity index (χ4n) is 0.109. The predicted octanol–water partition coefficient (Wildman–Crippen LogP) is -0.241. The molecule has 0 aliphatic rings. The molecule has 76 valence electrons. The van der Waals surface area contributed by atoms with Gasteiger partial charge in [-0.3, -0.25) is 0 Å². The normalized spacial score (nSPS) is 11.7. The van der Waals surface area contributed by atoms with E-state index in [9.17, 15) is 15.2 Å². The van der Waals surface area contributed by atoms with Crippen LogP contribution in [0.5, 0.6) is 0 Å². The second-order valence-electron chi connectivity index (χ2n) is 1.02. The van der Waals surface area contributed by atoms with Crippen molar-refractivity contribution in [2.45, 2.75) is 0 Å². The van der Waals surface area contributed by atoms with Crippen molar-refractivity contribution in [3.8, 4) is 0 Å². The zero-order chi connectivity index (χ0) is 10.4. The predicted molar refractivity (Wildman–Crippen MR) is 24.8 cm³/mol. The van der Waals surface area contributed by atoms with Gasteiger partial charge in [-0.25, -0.2) is 0 Å². The average Bonchev–Trinajstić information content (AvgIpc) is 1.53. The monoisotopic (exact) mass is 302 g/mol. The number of rotatable bonds is 2. The zero-order valence-electron chi connectivity index (χ0n) is 5.22. The Bertz CT molecular complexity index is 257. The minimum atomic E-state index is -5.76. The molecule has 0 rings (SSSR count). The molecule has 0 radical (unpaired) electrons. The summed E-state index contributed by atoms with van der Waals surface area (Å²) in [5.41, 5.74) is 0. The van der Waals surface area contributed by atoms with Crippen LogP contribution >= 0.6 is 23.2 Å². The van der Waals surface area contributed by atoms with Crippen LogP contribution < -0.4 is 0 Å². The van der Waals surface area contributed by atoms with Gasteiger partial charge in [-0.1, -0.05) is 0 Å². The fraction of sp³-hybridized carbons (Fsp3) is 1.00. The van der Waals surface area contributed by atoms with Crippen molar-refractivity contribution in [3.63, 3.8) is 0 Å². The quantitative estimate of drug-likeness (QED) is 0.676. The maximum absolute atomic E-state index is 9.53. The van der Waals surface area contributed by atoms with Gasteiger partial charge in [-0.2, -0.15) is 0 Å². The molecule has 0 heterocycles. The fourth-order valence-corrected chi connectivity index (χ4v) is 1.85. The second kappa shape index (κ2) is 6.22. The molecule has 12 heavy (non-hydrogen) atoms. The Hall–Kier alpha value is 0.725. The van der Waals surface area contributed by atoms with Gasteiger partial charge in [0.05, 0.1) is 5.34 Å². The van der Waals surface area contributed by atoms with Gasteiger partial charge >= 0.3 is 53.6 Å². The maximum atomic E-state index is 9.53. The van der Waals surface area contributed by atoms with Crippen LogP contribution in [0.1, 0.15) is 0 Å². The molecule has 11 heteroatoms. The van der Waals surface area contributed by atoms with E-state index in [0.29, 0.717) is 0 Å². The van der Waals surface area contributed by atoms with Crippen molar-refractivity contribution in [3.05, 3.63) is 0 Å². The number of halogens is 2. The third kappa shape index (κ3) is 22.4. The second-order valence-corrected chi connectivity index (χ2v) is 5.59. The van der Waals surface area contributed by atoms with Crippen LogP contribution in [0.3, 0.4) is 0 Å². The van der Waals surface area contributed by atoms with E-state index in [2.05, 4.69) is 2.84 Å². The van der Waals surface area contributed by atoms with Crippen molar-refractivity contribution in [2.75, 3.05) is 5.34 Å². The summed E-state index contributed by atoms with van der Waals surface area (Å²) in [5, 5.41) is 0.194. The summed E-state index contributed by atoms with van der Waals surface area (Å²) in [4.78, 5) is 0. The first kappa shape index (κ1) is 15.2. The van der Waals surface area contributed by atoms with Gasteiger partial charge in [0.2, 0.25) is 0 Å². The van der Waals surface area contributed by atoms with Gasteiger partial charge in [-0.05, 0) is 0 Å². The molecular weight excluding hydrogens is 299 g/mol. The van der Waals surface area contributed by atoms with Crippen LogP contribution in [0, 0.1) is 0 Å². The van der Waals surface area contributed by atoms with E-state index in [1.165, 1.54) is 0 Å². The standard InChI is InChI=1S/CH2Cl2.2Cr.2H2O.5O/c2-1-3;;;;;;;;;/h1H2;;;2*1H2;;;;;/q;2*+1;;;;;;;/p-2. The van der Waals surface area contributed by atoms with Crippen molar-refractivity contribution < 1.29 is 53.6 Å². The van der Waals surface area contributed by atoms with Crippen LogP contribution in [0.25, 0.3) is 0 Å². The molecular formula is CH4Cl2Cr2O7. The van der Waals surface area contributed by atoms with Crippen molar-refractivity contribution in [1.29, 1.82) is 0 Å². The number of alkyl halides is 2. The Morgan fingerprint density at radius 2 is 1.17 bits per heavy atom. The Labute approximate surface area is 82.0 Å². The molecule has 0 amide bonds. The third-order valence-electron chi connectivity index (χ3n) is 0.172. The summed E-state index contributed by atoms with van der Waals surface area (Å²) in [6.07, 6.45) is 0. The molecule has 0 fully saturated rings. The molecule has 0 saturated carbocycles. The topological polar surface area (TPSA) is 118 Å². The summed E-state index contributed by atoms with van der Waals surface area (Å²) in [5.74, 6) is 0. The van der Waals surface area contributed by atoms with Crippen LogP contribution in [0.2, 0.25) is 0 Å². The summed E-state index contributed by atoms with van der Waals surface area (Å²) in [6.45, 7) is 0. The minimum absolute atomic E-state index is 0.194. The Morgan fingerprint density at radius 3 is 1.17 bits per heavy atom. The first-order valence-corrected chi connectivity index (χ1v) is 7.23. The van der Waals surface area contributed by atoms with Crippen LogP contribution in [-0.4, -0.2) is 13.7 Å². The van der Waals surface area contributed by atoms with Crippen LogP contribution in [0.4, 0.5) is 0 Å². The molecule has 0 aromatic rings. The number of hydrogen-bond acceptors (Lipinski definition) is 5. The van der Waals surface area contributed by atoms with Crippen molar-refractivity contribution >= 4 is 23.2 Å². The summed E-state index contributed by atoms with van der Waals surface area (Å²) >= 11 is -1.99. The summed E-state index contributed by atoms with van der Waals surface area (Å²) in [6, 6.07) is 0. The molecule has 0 saturated heterocycles. The van der Waals surface area contributed by atoms with Gasteiger partial charge < -0.3 is 0 Å². The molecule has 0 aliphatic carbocycles. The molecule has 0 bridgehead atoms. The van der Waals surface area contributed by atoms with E-state index in [0.717, 1.165) is 0 Å².